The average Bonchev–Trinajstić information content (AvgIpc) is 2.39. The van der Waals surface area contributed by atoms with Crippen molar-refractivity contribution in [2.45, 2.75) is 45.5 Å². The Bertz CT molecular complexity index is 307. The van der Waals surface area contributed by atoms with Crippen molar-refractivity contribution < 1.29 is 14.6 Å². The van der Waals surface area contributed by atoms with Crippen molar-refractivity contribution in [3.63, 3.8) is 0 Å². The Morgan fingerprint density at radius 1 is 1.06 bits per heavy atom. The second-order valence-electron chi connectivity index (χ2n) is 4.39. The number of benzene rings is 1. The fourth-order valence-corrected chi connectivity index (χ4v) is 1.99. The fraction of sp³-hybridized carbons (Fsp3) is 0.600. The summed E-state index contributed by atoms with van der Waals surface area (Å²) in [5.74, 6) is 0.282. The Morgan fingerprint density at radius 2 is 1.61 bits per heavy atom. The minimum atomic E-state index is -0.597. The molecule has 0 aromatic heterocycles. The fourth-order valence-electron chi connectivity index (χ4n) is 1.99. The first-order valence-corrected chi connectivity index (χ1v) is 6.65. The van der Waals surface area contributed by atoms with E-state index in [4.69, 9.17) is 9.47 Å². The summed E-state index contributed by atoms with van der Waals surface area (Å²) < 4.78 is 10.8. The SMILES string of the molecule is CCOC(OCC)C(O)CC(C)c1ccccc1. The molecular formula is C15H24O3. The Labute approximate surface area is 110 Å². The van der Waals surface area contributed by atoms with Crippen LogP contribution in [0.2, 0.25) is 0 Å². The smallest absolute Gasteiger partial charge is 0.183 e. The van der Waals surface area contributed by atoms with Gasteiger partial charge in [-0.3, -0.25) is 0 Å². The molecule has 0 radical (unpaired) electrons. The quantitative estimate of drug-likeness (QED) is 0.723. The van der Waals surface area contributed by atoms with Crippen LogP contribution in [0.4, 0.5) is 0 Å². The van der Waals surface area contributed by atoms with E-state index in [2.05, 4.69) is 19.1 Å². The second-order valence-corrected chi connectivity index (χ2v) is 4.39. The van der Waals surface area contributed by atoms with Gasteiger partial charge in [-0.1, -0.05) is 37.3 Å². The third-order valence-electron chi connectivity index (χ3n) is 2.94. The molecule has 0 spiro atoms. The van der Waals surface area contributed by atoms with E-state index >= 15 is 0 Å². The molecule has 2 atom stereocenters. The van der Waals surface area contributed by atoms with Crippen LogP contribution in [-0.4, -0.2) is 30.7 Å². The normalized spacial score (nSPS) is 14.7. The van der Waals surface area contributed by atoms with Gasteiger partial charge < -0.3 is 14.6 Å². The van der Waals surface area contributed by atoms with Gasteiger partial charge in [0.15, 0.2) is 6.29 Å². The summed E-state index contributed by atoms with van der Waals surface area (Å²) in [5.41, 5.74) is 1.23. The van der Waals surface area contributed by atoms with Gasteiger partial charge in [-0.15, -0.1) is 0 Å². The van der Waals surface area contributed by atoms with Gasteiger partial charge in [-0.2, -0.15) is 0 Å². The summed E-state index contributed by atoms with van der Waals surface area (Å²) in [6.45, 7) is 7.00. The van der Waals surface area contributed by atoms with Crippen LogP contribution in [0.1, 0.15) is 38.7 Å². The van der Waals surface area contributed by atoms with Gasteiger partial charge in [0.1, 0.15) is 6.10 Å². The highest BCUT2D eigenvalue weighted by molar-refractivity contribution is 5.18. The first kappa shape index (κ1) is 15.2. The molecule has 0 aliphatic rings. The van der Waals surface area contributed by atoms with E-state index in [0.717, 1.165) is 0 Å². The molecule has 0 bridgehead atoms. The Kier molecular flexibility index (Phi) is 6.94. The molecule has 2 unspecified atom stereocenters. The molecular weight excluding hydrogens is 228 g/mol. The van der Waals surface area contributed by atoms with Gasteiger partial charge in [0.2, 0.25) is 0 Å². The van der Waals surface area contributed by atoms with E-state index < -0.39 is 12.4 Å². The molecule has 0 amide bonds. The van der Waals surface area contributed by atoms with Crippen LogP contribution in [0, 0.1) is 0 Å². The predicted molar refractivity (Wildman–Crippen MR) is 72.5 cm³/mol. The van der Waals surface area contributed by atoms with Crippen LogP contribution in [-0.2, 0) is 9.47 Å². The summed E-state index contributed by atoms with van der Waals surface area (Å²) >= 11 is 0. The van der Waals surface area contributed by atoms with E-state index in [9.17, 15) is 5.11 Å². The highest BCUT2D eigenvalue weighted by Crippen LogP contribution is 2.22. The molecule has 0 saturated carbocycles. The summed E-state index contributed by atoms with van der Waals surface area (Å²) in [6, 6.07) is 10.2. The Morgan fingerprint density at radius 3 is 2.11 bits per heavy atom. The lowest BCUT2D eigenvalue weighted by Gasteiger charge is -2.25. The number of ether oxygens (including phenoxy) is 2. The highest BCUT2D eigenvalue weighted by atomic mass is 16.7. The maximum absolute atomic E-state index is 10.2. The minimum absolute atomic E-state index is 0.282. The lowest BCUT2D eigenvalue weighted by atomic mass is 9.95. The lowest BCUT2D eigenvalue weighted by molar-refractivity contribution is -0.191. The molecule has 3 heteroatoms. The third-order valence-corrected chi connectivity index (χ3v) is 2.94. The van der Waals surface area contributed by atoms with Gasteiger partial charge in [-0.25, -0.2) is 0 Å². The van der Waals surface area contributed by atoms with Crippen molar-refractivity contribution >= 4 is 0 Å². The molecule has 1 aromatic rings. The zero-order valence-electron chi connectivity index (χ0n) is 11.5. The molecule has 0 heterocycles. The first-order chi connectivity index (χ1) is 8.69. The minimum Gasteiger partial charge on any atom is -0.388 e. The molecule has 0 aliphatic carbocycles. The molecule has 0 saturated heterocycles. The first-order valence-electron chi connectivity index (χ1n) is 6.65. The standard InChI is InChI=1S/C15H24O3/c1-4-17-15(18-5-2)14(16)11-12(3)13-9-7-6-8-10-13/h6-10,12,14-16H,4-5,11H2,1-3H3. The van der Waals surface area contributed by atoms with E-state index in [0.29, 0.717) is 19.6 Å². The van der Waals surface area contributed by atoms with Crippen LogP contribution in [0.15, 0.2) is 30.3 Å². The van der Waals surface area contributed by atoms with E-state index in [1.165, 1.54) is 5.56 Å². The maximum atomic E-state index is 10.2. The Balaban J connectivity index is 2.54. The van der Waals surface area contributed by atoms with Gasteiger partial charge in [0.25, 0.3) is 0 Å². The summed E-state index contributed by atoms with van der Waals surface area (Å²) in [4.78, 5) is 0. The van der Waals surface area contributed by atoms with Gasteiger partial charge >= 0.3 is 0 Å². The van der Waals surface area contributed by atoms with Gasteiger partial charge in [0.05, 0.1) is 0 Å². The molecule has 0 aliphatic heterocycles. The number of aliphatic hydroxyl groups is 1. The summed E-state index contributed by atoms with van der Waals surface area (Å²) in [6.07, 6.45) is -0.486. The van der Waals surface area contributed by atoms with Crippen molar-refractivity contribution in [2.75, 3.05) is 13.2 Å². The summed E-state index contributed by atoms with van der Waals surface area (Å²) in [7, 11) is 0. The number of aliphatic hydroxyl groups excluding tert-OH is 1. The predicted octanol–water partition coefficient (Wildman–Crippen LogP) is 2.94. The van der Waals surface area contributed by atoms with Crippen molar-refractivity contribution in [3.05, 3.63) is 35.9 Å². The maximum Gasteiger partial charge on any atom is 0.183 e. The zero-order valence-corrected chi connectivity index (χ0v) is 11.5. The van der Waals surface area contributed by atoms with Crippen LogP contribution >= 0.6 is 0 Å². The van der Waals surface area contributed by atoms with Crippen molar-refractivity contribution in [1.82, 2.24) is 0 Å². The van der Waals surface area contributed by atoms with Crippen LogP contribution in [0.5, 0.6) is 0 Å². The number of rotatable bonds is 8. The van der Waals surface area contributed by atoms with Crippen LogP contribution < -0.4 is 0 Å². The van der Waals surface area contributed by atoms with E-state index in [1.54, 1.807) is 0 Å². The van der Waals surface area contributed by atoms with Crippen molar-refractivity contribution in [2.24, 2.45) is 0 Å². The Hall–Kier alpha value is -0.900. The monoisotopic (exact) mass is 252 g/mol. The topological polar surface area (TPSA) is 38.7 Å². The van der Waals surface area contributed by atoms with Gasteiger partial charge in [-0.05, 0) is 31.7 Å². The van der Waals surface area contributed by atoms with E-state index in [-0.39, 0.29) is 5.92 Å². The molecule has 1 aromatic carbocycles. The zero-order chi connectivity index (χ0) is 13.4. The highest BCUT2D eigenvalue weighted by Gasteiger charge is 2.22. The number of hydrogen-bond acceptors (Lipinski definition) is 3. The molecule has 1 rings (SSSR count). The second kappa shape index (κ2) is 8.25. The van der Waals surface area contributed by atoms with Crippen LogP contribution in [0.3, 0.4) is 0 Å². The van der Waals surface area contributed by atoms with Crippen LogP contribution in [0.25, 0.3) is 0 Å². The van der Waals surface area contributed by atoms with E-state index in [1.807, 2.05) is 32.0 Å². The molecule has 18 heavy (non-hydrogen) atoms. The third kappa shape index (κ3) is 4.77. The van der Waals surface area contributed by atoms with Crippen molar-refractivity contribution in [3.8, 4) is 0 Å². The molecule has 102 valence electrons. The molecule has 0 fully saturated rings. The largest absolute Gasteiger partial charge is 0.388 e. The molecule has 3 nitrogen and oxygen atoms in total. The average molecular weight is 252 g/mol. The lowest BCUT2D eigenvalue weighted by Crippen LogP contribution is -2.33. The van der Waals surface area contributed by atoms with Crippen molar-refractivity contribution in [1.29, 1.82) is 0 Å². The molecule has 1 N–H and O–H groups in total. The summed E-state index contributed by atoms with van der Waals surface area (Å²) in [5, 5.41) is 10.2. The van der Waals surface area contributed by atoms with Gasteiger partial charge in [0, 0.05) is 13.2 Å². The number of hydrogen-bond donors (Lipinski definition) is 1.